The summed E-state index contributed by atoms with van der Waals surface area (Å²) in [4.78, 5) is 12.7. The maximum Gasteiger partial charge on any atom is 0.252 e. The Labute approximate surface area is 176 Å². The maximum absolute atomic E-state index is 12.8. The van der Waals surface area contributed by atoms with Crippen molar-refractivity contribution in [2.45, 2.75) is 17.1 Å². The van der Waals surface area contributed by atoms with E-state index in [9.17, 15) is 13.2 Å². The van der Waals surface area contributed by atoms with E-state index >= 15 is 0 Å². The molecule has 0 bridgehead atoms. The summed E-state index contributed by atoms with van der Waals surface area (Å²) in [6.07, 6.45) is 1.27. The van der Waals surface area contributed by atoms with Gasteiger partial charge in [-0.15, -0.1) is 11.3 Å². The molecule has 1 amide bonds. The maximum atomic E-state index is 12.8. The topological polar surface area (TPSA) is 84.9 Å². The van der Waals surface area contributed by atoms with Crippen molar-refractivity contribution >= 4 is 48.9 Å². The number of carbonyl (C=O) groups is 1. The van der Waals surface area contributed by atoms with Crippen LogP contribution in [0.1, 0.15) is 12.8 Å². The second-order valence-corrected chi connectivity index (χ2v) is 10.9. The summed E-state index contributed by atoms with van der Waals surface area (Å²) in [5.41, 5.74) is 0.574. The van der Waals surface area contributed by atoms with Crippen LogP contribution in [0.4, 0.5) is 5.69 Å². The zero-order valence-corrected chi connectivity index (χ0v) is 18.7. The molecular formula is C18H21BrN2O5S2. The Kier molecular flexibility index (Phi) is 6.64. The van der Waals surface area contributed by atoms with E-state index in [-0.39, 0.29) is 16.7 Å². The van der Waals surface area contributed by atoms with Crippen LogP contribution in [-0.2, 0) is 14.8 Å². The van der Waals surface area contributed by atoms with E-state index in [1.807, 2.05) is 0 Å². The van der Waals surface area contributed by atoms with Gasteiger partial charge in [0.2, 0.25) is 5.91 Å². The minimum Gasteiger partial charge on any atom is -0.493 e. The third-order valence-corrected chi connectivity index (χ3v) is 8.50. The number of ether oxygens (including phenoxy) is 2. The molecule has 2 heterocycles. The van der Waals surface area contributed by atoms with Gasteiger partial charge in [0.25, 0.3) is 10.0 Å². The molecule has 1 aromatic heterocycles. The van der Waals surface area contributed by atoms with Gasteiger partial charge >= 0.3 is 0 Å². The Morgan fingerprint density at radius 1 is 1.21 bits per heavy atom. The van der Waals surface area contributed by atoms with Gasteiger partial charge in [0.05, 0.1) is 23.9 Å². The van der Waals surface area contributed by atoms with Gasteiger partial charge in [-0.05, 0) is 53.0 Å². The van der Waals surface area contributed by atoms with Crippen LogP contribution in [0.2, 0.25) is 0 Å². The van der Waals surface area contributed by atoms with Crippen LogP contribution >= 0.6 is 27.3 Å². The smallest absolute Gasteiger partial charge is 0.252 e. The molecule has 1 aliphatic heterocycles. The fraction of sp³-hybridized carbons (Fsp3) is 0.389. The SMILES string of the molecule is COc1ccc(NC(=O)C2CCCN(S(=O)(=O)c3ccc(Br)s3)C2)cc1OC. The summed E-state index contributed by atoms with van der Waals surface area (Å²) in [6.45, 7) is 0.578. The van der Waals surface area contributed by atoms with Crippen LogP contribution < -0.4 is 14.8 Å². The predicted octanol–water partition coefficient (Wildman–Crippen LogP) is 3.57. The van der Waals surface area contributed by atoms with E-state index in [4.69, 9.17) is 9.47 Å². The minimum absolute atomic E-state index is 0.164. The number of rotatable bonds is 6. The van der Waals surface area contributed by atoms with Crippen molar-refractivity contribution in [2.75, 3.05) is 32.6 Å². The van der Waals surface area contributed by atoms with Crippen molar-refractivity contribution in [3.63, 3.8) is 0 Å². The first-order chi connectivity index (χ1) is 13.3. The normalized spacial score (nSPS) is 17.9. The first-order valence-corrected chi connectivity index (χ1v) is 11.7. The molecule has 1 aromatic carbocycles. The highest BCUT2D eigenvalue weighted by molar-refractivity contribution is 9.11. The number of amides is 1. The first kappa shape index (κ1) is 21.1. The van der Waals surface area contributed by atoms with Gasteiger partial charge in [0.1, 0.15) is 4.21 Å². The predicted molar refractivity (Wildman–Crippen MR) is 112 cm³/mol. The number of halogens is 1. The molecule has 3 rings (SSSR count). The lowest BCUT2D eigenvalue weighted by Gasteiger charge is -2.30. The molecule has 1 fully saturated rings. The molecule has 0 saturated carbocycles. The van der Waals surface area contributed by atoms with E-state index in [1.165, 1.54) is 22.8 Å². The van der Waals surface area contributed by atoms with Crippen LogP contribution in [0.5, 0.6) is 11.5 Å². The Balaban J connectivity index is 1.71. The Morgan fingerprint density at radius 3 is 2.61 bits per heavy atom. The lowest BCUT2D eigenvalue weighted by molar-refractivity contribution is -0.120. The van der Waals surface area contributed by atoms with Crippen molar-refractivity contribution in [3.8, 4) is 11.5 Å². The molecule has 1 saturated heterocycles. The van der Waals surface area contributed by atoms with Gasteiger partial charge in [-0.25, -0.2) is 8.42 Å². The number of thiophene rings is 1. The Bertz CT molecular complexity index is 961. The fourth-order valence-corrected chi connectivity index (χ4v) is 6.78. The van der Waals surface area contributed by atoms with Crippen LogP contribution in [-0.4, -0.2) is 45.9 Å². The number of hydrogen-bond donors (Lipinski definition) is 1. The molecule has 0 spiro atoms. The number of hydrogen-bond acceptors (Lipinski definition) is 6. The molecule has 2 aromatic rings. The highest BCUT2D eigenvalue weighted by atomic mass is 79.9. The lowest BCUT2D eigenvalue weighted by atomic mass is 9.98. The molecule has 7 nitrogen and oxygen atoms in total. The molecule has 28 heavy (non-hydrogen) atoms. The summed E-state index contributed by atoms with van der Waals surface area (Å²) in [6, 6.07) is 8.40. The van der Waals surface area contributed by atoms with Crippen molar-refractivity contribution < 1.29 is 22.7 Å². The van der Waals surface area contributed by atoms with Crippen molar-refractivity contribution in [2.24, 2.45) is 5.92 Å². The zero-order chi connectivity index (χ0) is 20.3. The Morgan fingerprint density at radius 2 is 1.96 bits per heavy atom. The van der Waals surface area contributed by atoms with E-state index in [2.05, 4.69) is 21.2 Å². The molecule has 1 atom stereocenters. The van der Waals surface area contributed by atoms with Gasteiger partial charge in [-0.3, -0.25) is 4.79 Å². The minimum atomic E-state index is -3.59. The second-order valence-electron chi connectivity index (χ2n) is 6.32. The third kappa shape index (κ3) is 4.51. The van der Waals surface area contributed by atoms with Crippen molar-refractivity contribution in [1.29, 1.82) is 0 Å². The molecule has 0 radical (unpaired) electrons. The number of carbonyl (C=O) groups excluding carboxylic acids is 1. The monoisotopic (exact) mass is 488 g/mol. The van der Waals surface area contributed by atoms with Gasteiger partial charge < -0.3 is 14.8 Å². The molecule has 1 unspecified atom stereocenters. The van der Waals surface area contributed by atoms with Gasteiger partial charge in [0, 0.05) is 24.8 Å². The molecule has 10 heteroatoms. The summed E-state index contributed by atoms with van der Waals surface area (Å²) in [5.74, 6) is 0.452. The summed E-state index contributed by atoms with van der Waals surface area (Å²) >= 11 is 4.46. The van der Waals surface area contributed by atoms with E-state index < -0.39 is 15.9 Å². The van der Waals surface area contributed by atoms with Gasteiger partial charge in [-0.2, -0.15) is 4.31 Å². The average molecular weight is 489 g/mol. The van der Waals surface area contributed by atoms with Crippen LogP contribution in [0.25, 0.3) is 0 Å². The zero-order valence-electron chi connectivity index (χ0n) is 15.5. The number of benzene rings is 1. The first-order valence-electron chi connectivity index (χ1n) is 8.63. The average Bonchev–Trinajstić information content (AvgIpc) is 3.15. The standard InChI is InChI=1S/C18H21BrN2O5S2/c1-25-14-6-5-13(10-15(14)26-2)20-18(22)12-4-3-9-21(11-12)28(23,24)17-8-7-16(19)27-17/h5-8,10,12H,3-4,9,11H2,1-2H3,(H,20,22). The van der Waals surface area contributed by atoms with Crippen LogP contribution in [0.15, 0.2) is 38.3 Å². The van der Waals surface area contributed by atoms with E-state index in [0.717, 1.165) is 3.79 Å². The fourth-order valence-electron chi connectivity index (χ4n) is 3.10. The number of anilines is 1. The Hall–Kier alpha value is -1.62. The van der Waals surface area contributed by atoms with Crippen LogP contribution in [0, 0.1) is 5.92 Å². The largest absolute Gasteiger partial charge is 0.493 e. The summed E-state index contributed by atoms with van der Waals surface area (Å²) in [7, 11) is -0.530. The number of sulfonamides is 1. The molecule has 1 N–H and O–H groups in total. The highest BCUT2D eigenvalue weighted by Gasteiger charge is 2.34. The van der Waals surface area contributed by atoms with Gasteiger partial charge in [0.15, 0.2) is 11.5 Å². The number of piperidine rings is 1. The van der Waals surface area contributed by atoms with E-state index in [1.54, 1.807) is 37.4 Å². The number of methoxy groups -OCH3 is 2. The molecule has 0 aliphatic carbocycles. The highest BCUT2D eigenvalue weighted by Crippen LogP contribution is 2.32. The summed E-state index contributed by atoms with van der Waals surface area (Å²) in [5, 5.41) is 2.85. The van der Waals surface area contributed by atoms with Gasteiger partial charge in [-0.1, -0.05) is 0 Å². The molecule has 1 aliphatic rings. The quantitative estimate of drug-likeness (QED) is 0.671. The number of nitrogens with zero attached hydrogens (tertiary/aromatic N) is 1. The molecular weight excluding hydrogens is 468 g/mol. The van der Waals surface area contributed by atoms with E-state index in [0.29, 0.717) is 36.6 Å². The second kappa shape index (κ2) is 8.81. The summed E-state index contributed by atoms with van der Waals surface area (Å²) < 4.78 is 38.5. The third-order valence-electron chi connectivity index (χ3n) is 4.55. The van der Waals surface area contributed by atoms with Crippen molar-refractivity contribution in [1.82, 2.24) is 4.31 Å². The lowest BCUT2D eigenvalue weighted by Crippen LogP contribution is -2.43. The number of nitrogens with one attached hydrogen (secondary N) is 1. The van der Waals surface area contributed by atoms with Crippen molar-refractivity contribution in [3.05, 3.63) is 34.1 Å². The van der Waals surface area contributed by atoms with Crippen LogP contribution in [0.3, 0.4) is 0 Å². The molecule has 152 valence electrons.